The van der Waals surface area contributed by atoms with Crippen molar-refractivity contribution in [2.24, 2.45) is 0 Å². The van der Waals surface area contributed by atoms with Crippen LogP contribution in [-0.4, -0.2) is 47.5 Å². The fraction of sp³-hybridized carbons (Fsp3) is 0.300. The van der Waals surface area contributed by atoms with E-state index in [2.05, 4.69) is 22.3 Å². The highest BCUT2D eigenvalue weighted by molar-refractivity contribution is 6.30. The van der Waals surface area contributed by atoms with Crippen LogP contribution in [0.4, 0.5) is 17.6 Å². The number of halogens is 5. The minimum atomic E-state index is -4.65. The first-order chi connectivity index (χ1) is 15.9. The maximum atomic E-state index is 13.3. The van der Waals surface area contributed by atoms with E-state index in [0.29, 0.717) is 0 Å². The topological polar surface area (TPSA) is 112 Å². The lowest BCUT2D eigenvalue weighted by Crippen LogP contribution is -2.34. The van der Waals surface area contributed by atoms with Crippen molar-refractivity contribution in [3.8, 4) is 11.5 Å². The lowest BCUT2D eigenvalue weighted by atomic mass is 10.3. The van der Waals surface area contributed by atoms with Gasteiger partial charge in [0.15, 0.2) is 19.0 Å². The molecule has 2 aromatic rings. The fourth-order valence-electron chi connectivity index (χ4n) is 2.38. The van der Waals surface area contributed by atoms with Gasteiger partial charge in [-0.2, -0.15) is 18.3 Å². The minimum Gasteiger partial charge on any atom is -0.484 e. The zero-order valence-corrected chi connectivity index (χ0v) is 18.2. The number of amides is 2. The molecule has 0 unspecified atom stereocenters. The largest absolute Gasteiger partial charge is 0.484 e. The van der Waals surface area contributed by atoms with E-state index in [9.17, 15) is 31.9 Å². The van der Waals surface area contributed by atoms with Gasteiger partial charge in [0.05, 0.1) is 11.2 Å². The van der Waals surface area contributed by atoms with Crippen LogP contribution in [0.1, 0.15) is 6.42 Å². The molecular formula is C20H19ClF4N4O5. The van der Waals surface area contributed by atoms with Gasteiger partial charge in [0.25, 0.3) is 11.8 Å². The molecule has 0 fully saturated rings. The summed E-state index contributed by atoms with van der Waals surface area (Å²) in [6.07, 6.45) is -3.57. The van der Waals surface area contributed by atoms with Crippen LogP contribution in [0.25, 0.3) is 0 Å². The molecule has 0 spiro atoms. The average Bonchev–Trinajstić information content (AvgIpc) is 2.74. The van der Waals surface area contributed by atoms with E-state index in [0.717, 1.165) is 18.3 Å². The van der Waals surface area contributed by atoms with Crippen LogP contribution in [0, 0.1) is 5.82 Å². The zero-order chi connectivity index (χ0) is 25.3. The number of rotatable bonds is 11. The molecule has 1 heterocycles. The number of alkyl halides is 3. The summed E-state index contributed by atoms with van der Waals surface area (Å²) in [7, 11) is 0. The predicted molar refractivity (Wildman–Crippen MR) is 112 cm³/mol. The van der Waals surface area contributed by atoms with Crippen molar-refractivity contribution in [3.63, 3.8) is 0 Å². The number of ether oxygens (including phenoxy) is 2. The van der Waals surface area contributed by atoms with Crippen molar-refractivity contribution in [2.45, 2.75) is 19.1 Å². The van der Waals surface area contributed by atoms with Crippen molar-refractivity contribution in [1.29, 1.82) is 0 Å². The number of hydrogen-bond donors (Lipinski definition) is 2. The third kappa shape index (κ3) is 9.10. The maximum Gasteiger partial charge on any atom is 0.408 e. The molecular weight excluding hydrogens is 488 g/mol. The number of carbonyl (C=O) groups excluding carboxylic acids is 2. The SMILES string of the molecule is C=C(CCNC(=O)COc1ccc(Cl)c(F)c1)NC(=O)COc1ccnn(CC(F)(F)F)c1=O. The van der Waals surface area contributed by atoms with Crippen molar-refractivity contribution in [1.82, 2.24) is 20.4 Å². The average molecular weight is 507 g/mol. The molecule has 1 aromatic heterocycles. The summed E-state index contributed by atoms with van der Waals surface area (Å²) in [4.78, 5) is 35.6. The Kier molecular flexibility index (Phi) is 9.42. The molecule has 0 aliphatic rings. The van der Waals surface area contributed by atoms with Gasteiger partial charge in [0.2, 0.25) is 0 Å². The van der Waals surface area contributed by atoms with Crippen LogP contribution in [0.3, 0.4) is 0 Å². The van der Waals surface area contributed by atoms with Gasteiger partial charge in [0, 0.05) is 30.8 Å². The molecule has 14 heteroatoms. The standard InChI is InChI=1S/C20H19ClF4N4O5/c1-12(4-6-26-17(30)9-33-13-2-3-14(21)15(22)8-13)28-18(31)10-34-16-5-7-27-29(19(16)32)11-20(23,24)25/h2-3,5,7-8H,1,4,6,9-11H2,(H,26,30)(H,28,31). The summed E-state index contributed by atoms with van der Waals surface area (Å²) in [5.74, 6) is -2.28. The normalized spacial score (nSPS) is 11.0. The molecule has 2 N–H and O–H groups in total. The summed E-state index contributed by atoms with van der Waals surface area (Å²) in [5.41, 5.74) is -0.934. The Labute approximate surface area is 195 Å². The molecule has 34 heavy (non-hydrogen) atoms. The Bertz CT molecular complexity index is 1110. The highest BCUT2D eigenvalue weighted by atomic mass is 35.5. The Morgan fingerprint density at radius 3 is 2.53 bits per heavy atom. The van der Waals surface area contributed by atoms with E-state index in [-0.39, 0.29) is 40.7 Å². The van der Waals surface area contributed by atoms with Gasteiger partial charge in [-0.25, -0.2) is 9.07 Å². The lowest BCUT2D eigenvalue weighted by Gasteiger charge is -2.12. The Balaban J connectivity index is 1.69. The molecule has 0 saturated heterocycles. The summed E-state index contributed by atoms with van der Waals surface area (Å²) in [5, 5.41) is 8.10. The van der Waals surface area contributed by atoms with Gasteiger partial charge in [-0.3, -0.25) is 14.4 Å². The molecule has 2 rings (SSSR count). The van der Waals surface area contributed by atoms with Crippen LogP contribution in [0.15, 0.2) is 47.5 Å². The van der Waals surface area contributed by atoms with E-state index in [1.807, 2.05) is 0 Å². The molecule has 0 bridgehead atoms. The van der Waals surface area contributed by atoms with Gasteiger partial charge >= 0.3 is 11.7 Å². The smallest absolute Gasteiger partial charge is 0.408 e. The molecule has 0 radical (unpaired) electrons. The number of hydrogen-bond acceptors (Lipinski definition) is 6. The Hall–Kier alpha value is -3.61. The van der Waals surface area contributed by atoms with Crippen molar-refractivity contribution in [2.75, 3.05) is 19.8 Å². The number of aromatic nitrogens is 2. The highest BCUT2D eigenvalue weighted by Gasteiger charge is 2.29. The van der Waals surface area contributed by atoms with Gasteiger partial charge in [-0.05, 0) is 12.1 Å². The van der Waals surface area contributed by atoms with Crippen LogP contribution in [0.5, 0.6) is 11.5 Å². The first kappa shape index (κ1) is 26.6. The second-order valence-electron chi connectivity index (χ2n) is 6.68. The monoisotopic (exact) mass is 506 g/mol. The van der Waals surface area contributed by atoms with Crippen molar-refractivity contribution < 1.29 is 36.6 Å². The number of carbonyl (C=O) groups is 2. The highest BCUT2D eigenvalue weighted by Crippen LogP contribution is 2.20. The van der Waals surface area contributed by atoms with Gasteiger partial charge in [-0.15, -0.1) is 0 Å². The molecule has 2 amide bonds. The quantitative estimate of drug-likeness (QED) is 0.452. The maximum absolute atomic E-state index is 13.3. The summed E-state index contributed by atoms with van der Waals surface area (Å²) in [6.45, 7) is 1.05. The zero-order valence-electron chi connectivity index (χ0n) is 17.5. The van der Waals surface area contributed by atoms with Crippen molar-refractivity contribution >= 4 is 23.4 Å². The van der Waals surface area contributed by atoms with E-state index < -0.39 is 48.3 Å². The molecule has 0 aliphatic heterocycles. The molecule has 0 aliphatic carbocycles. The van der Waals surface area contributed by atoms with E-state index in [1.165, 1.54) is 12.1 Å². The first-order valence-corrected chi connectivity index (χ1v) is 9.90. The first-order valence-electron chi connectivity index (χ1n) is 9.52. The van der Waals surface area contributed by atoms with Crippen LogP contribution < -0.4 is 25.7 Å². The summed E-state index contributed by atoms with van der Waals surface area (Å²) < 4.78 is 60.9. The van der Waals surface area contributed by atoms with E-state index in [1.54, 1.807) is 0 Å². The number of nitrogens with one attached hydrogen (secondary N) is 2. The molecule has 184 valence electrons. The third-order valence-electron chi connectivity index (χ3n) is 3.89. The predicted octanol–water partition coefficient (Wildman–Crippen LogP) is 2.19. The number of benzene rings is 1. The van der Waals surface area contributed by atoms with E-state index in [4.69, 9.17) is 21.1 Å². The summed E-state index contributed by atoms with van der Waals surface area (Å²) >= 11 is 5.55. The molecule has 1 aromatic carbocycles. The fourth-order valence-corrected chi connectivity index (χ4v) is 2.50. The van der Waals surface area contributed by atoms with Crippen LogP contribution in [-0.2, 0) is 16.1 Å². The lowest BCUT2D eigenvalue weighted by molar-refractivity contribution is -0.143. The minimum absolute atomic E-state index is 0.0814. The van der Waals surface area contributed by atoms with Crippen LogP contribution in [0.2, 0.25) is 5.02 Å². The van der Waals surface area contributed by atoms with Crippen molar-refractivity contribution in [3.05, 3.63) is 63.9 Å². The summed E-state index contributed by atoms with van der Waals surface area (Å²) in [6, 6.07) is 4.75. The number of nitrogens with zero attached hydrogens (tertiary/aromatic N) is 2. The van der Waals surface area contributed by atoms with Crippen LogP contribution >= 0.6 is 11.6 Å². The second kappa shape index (κ2) is 12.0. The second-order valence-corrected chi connectivity index (χ2v) is 7.09. The van der Waals surface area contributed by atoms with Gasteiger partial charge < -0.3 is 20.1 Å². The van der Waals surface area contributed by atoms with Gasteiger partial charge in [0.1, 0.15) is 18.1 Å². The molecule has 0 atom stereocenters. The van der Waals surface area contributed by atoms with Gasteiger partial charge in [-0.1, -0.05) is 18.2 Å². The van der Waals surface area contributed by atoms with E-state index >= 15 is 0 Å². The third-order valence-corrected chi connectivity index (χ3v) is 4.20. The Morgan fingerprint density at radius 2 is 1.85 bits per heavy atom. The molecule has 9 nitrogen and oxygen atoms in total. The molecule has 0 saturated carbocycles. The Morgan fingerprint density at radius 1 is 1.15 bits per heavy atom.